The van der Waals surface area contributed by atoms with E-state index in [4.69, 9.17) is 0 Å². The van der Waals surface area contributed by atoms with Crippen LogP contribution in [0.3, 0.4) is 0 Å². The highest BCUT2D eigenvalue weighted by molar-refractivity contribution is 7.17. The van der Waals surface area contributed by atoms with Crippen molar-refractivity contribution in [2.75, 3.05) is 6.54 Å². The summed E-state index contributed by atoms with van der Waals surface area (Å²) >= 11 is 1.47. The number of nitrogens with one attached hydrogen (secondary N) is 1. The highest BCUT2D eigenvalue weighted by Gasteiger charge is 2.25. The SMILES string of the molecule is Cc1ccc(C)c(-c2csc3ncn(C4CCCCNC4=O)c(=O)c23)c1. The van der Waals surface area contributed by atoms with Crippen LogP contribution >= 0.6 is 11.3 Å². The zero-order valence-corrected chi connectivity index (χ0v) is 15.7. The van der Waals surface area contributed by atoms with E-state index >= 15 is 0 Å². The van der Waals surface area contributed by atoms with Crippen LogP contribution in [0, 0.1) is 13.8 Å². The molecule has 5 nitrogen and oxygen atoms in total. The molecular weight excluding hydrogens is 346 g/mol. The lowest BCUT2D eigenvalue weighted by atomic mass is 9.99. The number of aromatic nitrogens is 2. The van der Waals surface area contributed by atoms with Crippen LogP contribution in [0.4, 0.5) is 0 Å². The van der Waals surface area contributed by atoms with E-state index in [0.717, 1.165) is 39.9 Å². The van der Waals surface area contributed by atoms with Gasteiger partial charge in [0.05, 0.1) is 11.7 Å². The molecule has 3 aromatic rings. The molecule has 3 heterocycles. The third-order valence-corrected chi connectivity index (χ3v) is 5.93. The molecule has 1 aromatic carbocycles. The third-order valence-electron chi connectivity index (χ3n) is 5.04. The topological polar surface area (TPSA) is 64.0 Å². The van der Waals surface area contributed by atoms with Gasteiger partial charge >= 0.3 is 0 Å². The number of hydrogen-bond donors (Lipinski definition) is 1. The predicted molar refractivity (Wildman–Crippen MR) is 105 cm³/mol. The summed E-state index contributed by atoms with van der Waals surface area (Å²) in [4.78, 5) is 30.9. The monoisotopic (exact) mass is 367 g/mol. The Hall–Kier alpha value is -2.47. The van der Waals surface area contributed by atoms with Crippen molar-refractivity contribution >= 4 is 27.5 Å². The van der Waals surface area contributed by atoms with E-state index in [9.17, 15) is 9.59 Å². The molecule has 4 rings (SSSR count). The second-order valence-electron chi connectivity index (χ2n) is 6.91. The Labute approximate surface area is 155 Å². The Morgan fingerprint density at radius 2 is 2.04 bits per heavy atom. The fourth-order valence-corrected chi connectivity index (χ4v) is 4.48. The van der Waals surface area contributed by atoms with Gasteiger partial charge in [-0.25, -0.2) is 4.98 Å². The zero-order valence-electron chi connectivity index (χ0n) is 14.9. The van der Waals surface area contributed by atoms with Gasteiger partial charge in [-0.05, 0) is 44.2 Å². The Morgan fingerprint density at radius 1 is 1.19 bits per heavy atom. The molecule has 2 aromatic heterocycles. The van der Waals surface area contributed by atoms with Gasteiger partial charge in [0.15, 0.2) is 0 Å². The van der Waals surface area contributed by atoms with Crippen LogP contribution in [0.2, 0.25) is 0 Å². The van der Waals surface area contributed by atoms with Gasteiger partial charge in [-0.1, -0.05) is 23.8 Å². The van der Waals surface area contributed by atoms with E-state index in [-0.39, 0.29) is 11.5 Å². The molecule has 0 spiro atoms. The summed E-state index contributed by atoms with van der Waals surface area (Å²) in [6.45, 7) is 4.77. The molecule has 0 bridgehead atoms. The molecule has 6 heteroatoms. The first-order valence-electron chi connectivity index (χ1n) is 8.90. The molecule has 0 radical (unpaired) electrons. The summed E-state index contributed by atoms with van der Waals surface area (Å²) in [6.07, 6.45) is 4.06. The minimum Gasteiger partial charge on any atom is -0.354 e. The highest BCUT2D eigenvalue weighted by atomic mass is 32.1. The minimum absolute atomic E-state index is 0.0886. The number of rotatable bonds is 2. The van der Waals surface area contributed by atoms with E-state index in [2.05, 4.69) is 28.5 Å². The van der Waals surface area contributed by atoms with Crippen LogP contribution in [0.15, 0.2) is 34.7 Å². The van der Waals surface area contributed by atoms with Crippen molar-refractivity contribution in [3.05, 3.63) is 51.4 Å². The summed E-state index contributed by atoms with van der Waals surface area (Å²) < 4.78 is 1.52. The highest BCUT2D eigenvalue weighted by Crippen LogP contribution is 2.33. The number of benzene rings is 1. The molecule has 1 aliphatic heterocycles. The molecule has 0 saturated carbocycles. The van der Waals surface area contributed by atoms with E-state index in [1.54, 1.807) is 0 Å². The number of carbonyl (C=O) groups excluding carboxylic acids is 1. The fraction of sp³-hybridized carbons (Fsp3) is 0.350. The summed E-state index contributed by atoms with van der Waals surface area (Å²) in [5.74, 6) is -0.0886. The Kier molecular flexibility index (Phi) is 4.36. The van der Waals surface area contributed by atoms with Gasteiger partial charge in [-0.3, -0.25) is 14.2 Å². The van der Waals surface area contributed by atoms with Crippen molar-refractivity contribution in [3.63, 3.8) is 0 Å². The molecule has 1 atom stereocenters. The molecule has 1 fully saturated rings. The second kappa shape index (κ2) is 6.68. The molecule has 1 unspecified atom stereocenters. The summed E-state index contributed by atoms with van der Waals surface area (Å²) in [7, 11) is 0. The number of hydrogen-bond acceptors (Lipinski definition) is 4. The van der Waals surface area contributed by atoms with Crippen LogP contribution in [-0.4, -0.2) is 22.0 Å². The van der Waals surface area contributed by atoms with E-state index in [1.807, 2.05) is 19.2 Å². The lowest BCUT2D eigenvalue weighted by Gasteiger charge is -2.16. The smallest absolute Gasteiger partial charge is 0.263 e. The Balaban J connectivity index is 1.91. The van der Waals surface area contributed by atoms with Crippen LogP contribution in [0.5, 0.6) is 0 Å². The molecule has 1 saturated heterocycles. The van der Waals surface area contributed by atoms with Crippen molar-refractivity contribution in [2.45, 2.75) is 39.2 Å². The maximum atomic E-state index is 13.3. The predicted octanol–water partition coefficient (Wildman–Crippen LogP) is 3.58. The number of amides is 1. The van der Waals surface area contributed by atoms with Crippen molar-refractivity contribution in [3.8, 4) is 11.1 Å². The quantitative estimate of drug-likeness (QED) is 0.753. The normalized spacial score (nSPS) is 17.9. The average molecular weight is 367 g/mol. The number of thiophene rings is 1. The van der Waals surface area contributed by atoms with Gasteiger partial charge in [0.25, 0.3) is 5.56 Å². The van der Waals surface area contributed by atoms with Crippen LogP contribution < -0.4 is 10.9 Å². The van der Waals surface area contributed by atoms with Gasteiger partial charge < -0.3 is 5.32 Å². The molecule has 26 heavy (non-hydrogen) atoms. The number of fused-ring (bicyclic) bond motifs is 1. The van der Waals surface area contributed by atoms with Crippen molar-refractivity contribution in [2.24, 2.45) is 0 Å². The second-order valence-corrected chi connectivity index (χ2v) is 7.77. The Morgan fingerprint density at radius 3 is 2.88 bits per heavy atom. The van der Waals surface area contributed by atoms with Gasteiger partial charge in [0.1, 0.15) is 10.9 Å². The molecule has 1 aliphatic rings. The number of aryl methyl sites for hydroxylation is 2. The molecule has 134 valence electrons. The largest absolute Gasteiger partial charge is 0.354 e. The summed E-state index contributed by atoms with van der Waals surface area (Å²) in [5.41, 5.74) is 4.11. The molecule has 1 amide bonds. The molecule has 1 N–H and O–H groups in total. The van der Waals surface area contributed by atoms with Crippen LogP contribution in [-0.2, 0) is 4.79 Å². The number of carbonyl (C=O) groups is 1. The first-order valence-corrected chi connectivity index (χ1v) is 9.78. The Bertz CT molecular complexity index is 1050. The lowest BCUT2D eigenvalue weighted by molar-refractivity contribution is -0.124. The van der Waals surface area contributed by atoms with E-state index in [0.29, 0.717) is 18.4 Å². The maximum Gasteiger partial charge on any atom is 0.263 e. The molecule has 0 aliphatic carbocycles. The summed E-state index contributed by atoms with van der Waals surface area (Å²) in [6, 6.07) is 5.77. The first-order chi connectivity index (χ1) is 12.6. The zero-order chi connectivity index (χ0) is 18.3. The first kappa shape index (κ1) is 17.0. The van der Waals surface area contributed by atoms with E-state index in [1.165, 1.54) is 22.2 Å². The van der Waals surface area contributed by atoms with Crippen molar-refractivity contribution in [1.29, 1.82) is 0 Å². The van der Waals surface area contributed by atoms with E-state index < -0.39 is 6.04 Å². The van der Waals surface area contributed by atoms with Crippen molar-refractivity contribution < 1.29 is 4.79 Å². The van der Waals surface area contributed by atoms with Gasteiger partial charge in [0, 0.05) is 17.5 Å². The third kappa shape index (κ3) is 2.84. The van der Waals surface area contributed by atoms with Crippen molar-refractivity contribution in [1.82, 2.24) is 14.9 Å². The lowest BCUT2D eigenvalue weighted by Crippen LogP contribution is -2.36. The van der Waals surface area contributed by atoms with Crippen LogP contribution in [0.25, 0.3) is 21.3 Å². The van der Waals surface area contributed by atoms with Crippen LogP contribution in [0.1, 0.15) is 36.4 Å². The standard InChI is InChI=1S/C20H21N3O2S/c1-12-6-7-13(2)14(9-12)15-10-26-19-17(15)20(25)23(11-22-19)16-5-3-4-8-21-18(16)24/h6-7,9-11,16H,3-5,8H2,1-2H3,(H,21,24). The maximum absolute atomic E-state index is 13.3. The molecular formula is C20H21N3O2S. The minimum atomic E-state index is -0.478. The summed E-state index contributed by atoms with van der Waals surface area (Å²) in [5, 5.41) is 5.51. The van der Waals surface area contributed by atoms with Gasteiger partial charge in [-0.15, -0.1) is 11.3 Å². The average Bonchev–Trinajstić information content (AvgIpc) is 2.94. The van der Waals surface area contributed by atoms with Gasteiger partial charge in [0.2, 0.25) is 5.91 Å². The fourth-order valence-electron chi connectivity index (χ4n) is 3.58. The number of nitrogens with zero attached hydrogens (tertiary/aromatic N) is 2. The van der Waals surface area contributed by atoms with Gasteiger partial charge in [-0.2, -0.15) is 0 Å².